The smallest absolute Gasteiger partial charge is 0.310 e. The summed E-state index contributed by atoms with van der Waals surface area (Å²) in [4.78, 5) is 12.6. The molecule has 6 heteroatoms. The summed E-state index contributed by atoms with van der Waals surface area (Å²) in [6.45, 7) is 9.14. The molecule has 146 valence electrons. The Morgan fingerprint density at radius 1 is 1.31 bits per heavy atom. The molecule has 2 aliphatic carbocycles. The van der Waals surface area contributed by atoms with Crippen molar-refractivity contribution >= 4 is 15.8 Å². The molecule has 0 unspecified atom stereocenters. The van der Waals surface area contributed by atoms with Crippen LogP contribution in [0.1, 0.15) is 52.4 Å². The van der Waals surface area contributed by atoms with Gasteiger partial charge in [0.15, 0.2) is 9.84 Å². The fraction of sp³-hybridized carbons (Fsp3) is 0.850. The van der Waals surface area contributed by atoms with Crippen LogP contribution in [0.25, 0.3) is 0 Å². The first-order chi connectivity index (χ1) is 12.1. The molecular weight excluding hydrogens is 350 g/mol. The molecule has 4 rings (SSSR count). The van der Waals surface area contributed by atoms with Gasteiger partial charge in [-0.2, -0.15) is 0 Å². The molecule has 2 saturated carbocycles. The number of nitrogens with one attached hydrogen (secondary N) is 1. The van der Waals surface area contributed by atoms with Crippen LogP contribution in [0.15, 0.2) is 12.2 Å². The highest BCUT2D eigenvalue weighted by Gasteiger charge is 2.55. The lowest BCUT2D eigenvalue weighted by molar-refractivity contribution is -0.146. The Hall–Kier alpha value is -0.880. The third-order valence-electron chi connectivity index (χ3n) is 7.57. The Balaban J connectivity index is 1.47. The highest BCUT2D eigenvalue weighted by atomic mass is 32.2. The zero-order valence-electron chi connectivity index (χ0n) is 15.9. The number of ether oxygens (including phenoxy) is 1. The standard InChI is InChI=1S/C20H31NO4S/c1-13-5-4-6-19(2)10-17-14(9-16(13)19)15(18(22)25-17)11-21-20(3)7-8-26(23,24)12-20/h14-17,21H,1,4-12H2,2-3H3/t14-,15-,16-,17+,19-,20+/m0/s1. The summed E-state index contributed by atoms with van der Waals surface area (Å²) in [7, 11) is -2.96. The normalized spacial score (nSPS) is 47.3. The zero-order chi connectivity index (χ0) is 18.7. The largest absolute Gasteiger partial charge is 0.462 e. The molecule has 0 aromatic rings. The second kappa shape index (κ2) is 6.06. The Bertz CT molecular complexity index is 732. The molecular formula is C20H31NO4S. The fourth-order valence-electron chi connectivity index (χ4n) is 6.00. The molecule has 4 fully saturated rings. The molecule has 0 aromatic heterocycles. The van der Waals surface area contributed by atoms with E-state index >= 15 is 0 Å². The second-order valence-electron chi connectivity index (χ2n) is 9.69. The van der Waals surface area contributed by atoms with Gasteiger partial charge in [-0.3, -0.25) is 4.79 Å². The van der Waals surface area contributed by atoms with Crippen molar-refractivity contribution in [1.82, 2.24) is 5.32 Å². The van der Waals surface area contributed by atoms with Gasteiger partial charge in [0.1, 0.15) is 6.10 Å². The van der Waals surface area contributed by atoms with E-state index in [9.17, 15) is 13.2 Å². The summed E-state index contributed by atoms with van der Waals surface area (Å²) >= 11 is 0. The van der Waals surface area contributed by atoms with Crippen LogP contribution >= 0.6 is 0 Å². The lowest BCUT2D eigenvalue weighted by atomic mass is 9.55. The lowest BCUT2D eigenvalue weighted by Crippen LogP contribution is -2.49. The predicted molar refractivity (Wildman–Crippen MR) is 100 cm³/mol. The second-order valence-corrected chi connectivity index (χ2v) is 11.9. The van der Waals surface area contributed by atoms with E-state index in [2.05, 4.69) is 18.8 Å². The first-order valence-corrected chi connectivity index (χ1v) is 11.8. The number of carbonyl (C=O) groups excluding carboxylic acids is 1. The number of hydrogen-bond donors (Lipinski definition) is 1. The van der Waals surface area contributed by atoms with E-state index < -0.39 is 15.4 Å². The average molecular weight is 382 g/mol. The van der Waals surface area contributed by atoms with Crippen LogP contribution in [0.2, 0.25) is 0 Å². The van der Waals surface area contributed by atoms with Crippen molar-refractivity contribution in [2.75, 3.05) is 18.1 Å². The molecule has 0 amide bonds. The maximum atomic E-state index is 12.6. The van der Waals surface area contributed by atoms with Gasteiger partial charge < -0.3 is 10.1 Å². The first-order valence-electron chi connectivity index (χ1n) is 9.95. The van der Waals surface area contributed by atoms with Gasteiger partial charge in [-0.25, -0.2) is 8.42 Å². The third kappa shape index (κ3) is 3.13. The van der Waals surface area contributed by atoms with E-state index in [4.69, 9.17) is 4.74 Å². The van der Waals surface area contributed by atoms with Crippen molar-refractivity contribution in [1.29, 1.82) is 0 Å². The molecule has 4 aliphatic rings. The summed E-state index contributed by atoms with van der Waals surface area (Å²) in [6, 6.07) is 0. The monoisotopic (exact) mass is 381 g/mol. The molecule has 0 spiro atoms. The summed E-state index contributed by atoms with van der Waals surface area (Å²) < 4.78 is 29.4. The van der Waals surface area contributed by atoms with Gasteiger partial charge in [0.25, 0.3) is 0 Å². The molecule has 5 nitrogen and oxygen atoms in total. The maximum absolute atomic E-state index is 12.6. The maximum Gasteiger partial charge on any atom is 0.310 e. The Labute approximate surface area is 156 Å². The van der Waals surface area contributed by atoms with E-state index in [0.717, 1.165) is 19.3 Å². The van der Waals surface area contributed by atoms with Crippen molar-refractivity contribution in [3.05, 3.63) is 12.2 Å². The number of hydrogen-bond acceptors (Lipinski definition) is 5. The van der Waals surface area contributed by atoms with Gasteiger partial charge in [-0.05, 0) is 56.8 Å². The minimum absolute atomic E-state index is 0.0153. The number of carbonyl (C=O) groups is 1. The van der Waals surface area contributed by atoms with E-state index in [1.807, 2.05) is 6.92 Å². The SMILES string of the molecule is C=C1CCC[C@@]2(C)C[C@H]3OC(=O)[C@@H](CN[C@]4(C)CCS(=O)(=O)C4)[C@@H]3C[C@@H]12. The number of esters is 1. The summed E-state index contributed by atoms with van der Waals surface area (Å²) in [6.07, 6.45) is 6.03. The van der Waals surface area contributed by atoms with Crippen LogP contribution in [0.5, 0.6) is 0 Å². The highest BCUT2D eigenvalue weighted by molar-refractivity contribution is 7.91. The predicted octanol–water partition coefficient (Wildman–Crippen LogP) is 2.47. The quantitative estimate of drug-likeness (QED) is 0.601. The third-order valence-corrected chi connectivity index (χ3v) is 9.48. The van der Waals surface area contributed by atoms with Crippen molar-refractivity contribution in [3.63, 3.8) is 0 Å². The zero-order valence-corrected chi connectivity index (χ0v) is 16.7. The van der Waals surface area contributed by atoms with Crippen LogP contribution in [0.4, 0.5) is 0 Å². The van der Waals surface area contributed by atoms with Crippen LogP contribution < -0.4 is 5.32 Å². The Morgan fingerprint density at radius 3 is 2.77 bits per heavy atom. The van der Waals surface area contributed by atoms with Gasteiger partial charge in [0.05, 0.1) is 17.4 Å². The highest BCUT2D eigenvalue weighted by Crippen LogP contribution is 2.56. The van der Waals surface area contributed by atoms with Gasteiger partial charge in [0, 0.05) is 18.0 Å². The van der Waals surface area contributed by atoms with Crippen molar-refractivity contribution in [2.45, 2.75) is 64.0 Å². The number of sulfone groups is 1. The minimum atomic E-state index is -2.96. The molecule has 2 aliphatic heterocycles. The molecule has 6 atom stereocenters. The van der Waals surface area contributed by atoms with Crippen LogP contribution in [0, 0.1) is 23.2 Å². The molecule has 0 bridgehead atoms. The lowest BCUT2D eigenvalue weighted by Gasteiger charge is -2.50. The van der Waals surface area contributed by atoms with E-state index in [0.29, 0.717) is 18.9 Å². The Kier molecular flexibility index (Phi) is 4.31. The molecule has 1 N–H and O–H groups in total. The van der Waals surface area contributed by atoms with Crippen molar-refractivity contribution in [2.24, 2.45) is 23.2 Å². The van der Waals surface area contributed by atoms with Crippen LogP contribution in [0.3, 0.4) is 0 Å². The van der Waals surface area contributed by atoms with Gasteiger partial charge >= 0.3 is 5.97 Å². The van der Waals surface area contributed by atoms with Gasteiger partial charge in [0.2, 0.25) is 0 Å². The molecule has 2 heterocycles. The average Bonchev–Trinajstić information content (AvgIpc) is 2.98. The fourth-order valence-corrected chi connectivity index (χ4v) is 8.12. The van der Waals surface area contributed by atoms with Gasteiger partial charge in [-0.15, -0.1) is 0 Å². The Morgan fingerprint density at radius 2 is 2.08 bits per heavy atom. The molecule has 26 heavy (non-hydrogen) atoms. The molecule has 0 radical (unpaired) electrons. The summed E-state index contributed by atoms with van der Waals surface area (Å²) in [5, 5.41) is 3.41. The van der Waals surface area contributed by atoms with E-state index in [1.54, 1.807) is 0 Å². The van der Waals surface area contributed by atoms with E-state index in [-0.39, 0.29) is 40.8 Å². The number of rotatable bonds is 3. The van der Waals surface area contributed by atoms with Crippen LogP contribution in [-0.4, -0.2) is 44.1 Å². The van der Waals surface area contributed by atoms with E-state index in [1.165, 1.54) is 18.4 Å². The van der Waals surface area contributed by atoms with Crippen molar-refractivity contribution in [3.8, 4) is 0 Å². The number of fused-ring (bicyclic) bond motifs is 2. The van der Waals surface area contributed by atoms with Crippen LogP contribution in [-0.2, 0) is 19.4 Å². The first kappa shape index (κ1) is 18.5. The summed E-state index contributed by atoms with van der Waals surface area (Å²) in [5.74, 6) is 0.830. The topological polar surface area (TPSA) is 72.5 Å². The molecule has 0 aromatic carbocycles. The summed E-state index contributed by atoms with van der Waals surface area (Å²) in [5.41, 5.74) is 1.14. The van der Waals surface area contributed by atoms with Crippen molar-refractivity contribution < 1.29 is 17.9 Å². The minimum Gasteiger partial charge on any atom is -0.462 e. The molecule has 2 saturated heterocycles. The van der Waals surface area contributed by atoms with Gasteiger partial charge in [-0.1, -0.05) is 19.1 Å². The number of allylic oxidation sites excluding steroid dienone is 1.